The van der Waals surface area contributed by atoms with E-state index in [4.69, 9.17) is 4.74 Å². The Morgan fingerprint density at radius 1 is 1.50 bits per heavy atom. The van der Waals surface area contributed by atoms with E-state index in [0.29, 0.717) is 11.7 Å². The Labute approximate surface area is 118 Å². The molecule has 0 amide bonds. The lowest BCUT2D eigenvalue weighted by atomic mass is 10.1. The number of hydrogen-bond donors (Lipinski definition) is 0. The number of pyridine rings is 1. The average Bonchev–Trinajstić information content (AvgIpc) is 3.06. The molecule has 1 aliphatic heterocycles. The predicted octanol–water partition coefficient (Wildman–Crippen LogP) is 1.76. The lowest BCUT2D eigenvalue weighted by Crippen LogP contribution is -2.28. The fraction of sp³-hybridized carbons (Fsp3) is 0.467. The summed E-state index contributed by atoms with van der Waals surface area (Å²) in [6.07, 6.45) is 5.09. The molecule has 0 N–H and O–H groups in total. The Bertz CT molecular complexity index is 635. The highest BCUT2D eigenvalue weighted by molar-refractivity contribution is 5.88. The third-order valence-electron chi connectivity index (χ3n) is 4.11. The Morgan fingerprint density at radius 2 is 2.35 bits per heavy atom. The molecule has 106 valence electrons. The molecule has 0 bridgehead atoms. The molecule has 20 heavy (non-hydrogen) atoms. The summed E-state index contributed by atoms with van der Waals surface area (Å²) >= 11 is 0. The highest BCUT2D eigenvalue weighted by Gasteiger charge is 2.24. The van der Waals surface area contributed by atoms with Crippen molar-refractivity contribution >= 4 is 11.5 Å². The van der Waals surface area contributed by atoms with Crippen LogP contribution in [0.3, 0.4) is 0 Å². The standard InChI is InChI=1S/C15H19N3O2/c1-17-8-4-6-11(17)9-14-16-10-12-5-3-7-13(18(12)14)15(19)20-2/h3,5,7,10-11H,4,6,8-9H2,1-2H3. The normalized spacial score (nSPS) is 19.6. The first kappa shape index (κ1) is 13.1. The molecule has 2 aromatic rings. The first-order valence-corrected chi connectivity index (χ1v) is 6.94. The molecule has 5 heteroatoms. The zero-order valence-electron chi connectivity index (χ0n) is 11.9. The number of hydrogen-bond acceptors (Lipinski definition) is 4. The number of aromatic nitrogens is 2. The molecular formula is C15H19N3O2. The smallest absolute Gasteiger partial charge is 0.355 e. The number of esters is 1. The molecule has 1 atom stereocenters. The van der Waals surface area contributed by atoms with Crippen LogP contribution in [0, 0.1) is 0 Å². The van der Waals surface area contributed by atoms with Gasteiger partial charge in [0.25, 0.3) is 0 Å². The number of nitrogens with zero attached hydrogens (tertiary/aromatic N) is 3. The van der Waals surface area contributed by atoms with Crippen molar-refractivity contribution in [1.29, 1.82) is 0 Å². The van der Waals surface area contributed by atoms with Gasteiger partial charge in [-0.05, 0) is 38.6 Å². The molecule has 0 saturated carbocycles. The van der Waals surface area contributed by atoms with Crippen LogP contribution < -0.4 is 0 Å². The van der Waals surface area contributed by atoms with E-state index in [1.807, 2.05) is 22.7 Å². The van der Waals surface area contributed by atoms with Crippen molar-refractivity contribution < 1.29 is 9.53 Å². The van der Waals surface area contributed by atoms with Crippen molar-refractivity contribution in [3.63, 3.8) is 0 Å². The second kappa shape index (κ2) is 5.25. The van der Waals surface area contributed by atoms with Gasteiger partial charge in [0.15, 0.2) is 0 Å². The van der Waals surface area contributed by atoms with E-state index in [1.54, 1.807) is 6.07 Å². The molecule has 0 aliphatic carbocycles. The van der Waals surface area contributed by atoms with Gasteiger partial charge in [0, 0.05) is 12.5 Å². The first-order chi connectivity index (χ1) is 9.70. The molecule has 0 aromatic carbocycles. The van der Waals surface area contributed by atoms with Crippen molar-refractivity contribution in [2.75, 3.05) is 20.7 Å². The number of methoxy groups -OCH3 is 1. The molecule has 1 unspecified atom stereocenters. The molecule has 0 radical (unpaired) electrons. The molecule has 3 heterocycles. The van der Waals surface area contributed by atoms with E-state index in [1.165, 1.54) is 20.0 Å². The maximum Gasteiger partial charge on any atom is 0.355 e. The zero-order valence-corrected chi connectivity index (χ0v) is 11.9. The Hall–Kier alpha value is -1.88. The van der Waals surface area contributed by atoms with Crippen LogP contribution >= 0.6 is 0 Å². The first-order valence-electron chi connectivity index (χ1n) is 6.94. The number of likely N-dealkylation sites (tertiary alicyclic amines) is 1. The van der Waals surface area contributed by atoms with Gasteiger partial charge in [-0.2, -0.15) is 0 Å². The third kappa shape index (κ3) is 2.18. The summed E-state index contributed by atoms with van der Waals surface area (Å²) in [6, 6.07) is 6.10. The summed E-state index contributed by atoms with van der Waals surface area (Å²) in [7, 11) is 3.55. The van der Waals surface area contributed by atoms with Crippen LogP contribution in [0.25, 0.3) is 5.52 Å². The van der Waals surface area contributed by atoms with Crippen molar-refractivity contribution in [2.45, 2.75) is 25.3 Å². The van der Waals surface area contributed by atoms with Crippen LogP contribution in [0.1, 0.15) is 29.2 Å². The van der Waals surface area contributed by atoms with E-state index in [9.17, 15) is 4.79 Å². The van der Waals surface area contributed by atoms with Crippen LogP contribution in [-0.4, -0.2) is 47.0 Å². The lowest BCUT2D eigenvalue weighted by molar-refractivity contribution is 0.0592. The van der Waals surface area contributed by atoms with Gasteiger partial charge in [-0.3, -0.25) is 4.40 Å². The van der Waals surface area contributed by atoms with Gasteiger partial charge < -0.3 is 9.64 Å². The van der Waals surface area contributed by atoms with Crippen molar-refractivity contribution in [3.8, 4) is 0 Å². The van der Waals surface area contributed by atoms with Crippen LogP contribution in [0.2, 0.25) is 0 Å². The fourth-order valence-electron chi connectivity index (χ4n) is 2.97. The average molecular weight is 273 g/mol. The summed E-state index contributed by atoms with van der Waals surface area (Å²) < 4.78 is 6.78. The maximum absolute atomic E-state index is 11.9. The second-order valence-electron chi connectivity index (χ2n) is 5.32. The van der Waals surface area contributed by atoms with E-state index < -0.39 is 0 Å². The van der Waals surface area contributed by atoms with Crippen LogP contribution in [-0.2, 0) is 11.2 Å². The summed E-state index contributed by atoms with van der Waals surface area (Å²) in [5.74, 6) is 0.606. The van der Waals surface area contributed by atoms with Crippen LogP contribution in [0.4, 0.5) is 0 Å². The number of likely N-dealkylation sites (N-methyl/N-ethyl adjacent to an activating group) is 1. The van der Waals surface area contributed by atoms with E-state index in [-0.39, 0.29) is 5.97 Å². The number of ether oxygens (including phenoxy) is 1. The van der Waals surface area contributed by atoms with Gasteiger partial charge in [0.1, 0.15) is 11.5 Å². The lowest BCUT2D eigenvalue weighted by Gasteiger charge is -2.18. The number of carbonyl (C=O) groups excluding carboxylic acids is 1. The zero-order chi connectivity index (χ0) is 14.1. The van der Waals surface area contributed by atoms with E-state index >= 15 is 0 Å². The molecule has 3 rings (SSSR count). The van der Waals surface area contributed by atoms with Gasteiger partial charge in [-0.25, -0.2) is 9.78 Å². The molecule has 1 aliphatic rings. The quantitative estimate of drug-likeness (QED) is 0.799. The van der Waals surface area contributed by atoms with Crippen LogP contribution in [0.15, 0.2) is 24.4 Å². The Morgan fingerprint density at radius 3 is 3.05 bits per heavy atom. The fourth-order valence-corrected chi connectivity index (χ4v) is 2.97. The minimum absolute atomic E-state index is 0.324. The predicted molar refractivity (Wildman–Crippen MR) is 75.9 cm³/mol. The maximum atomic E-state index is 11.9. The monoisotopic (exact) mass is 273 g/mol. The number of carbonyl (C=O) groups is 1. The van der Waals surface area contributed by atoms with Gasteiger partial charge in [0.2, 0.25) is 0 Å². The highest BCUT2D eigenvalue weighted by atomic mass is 16.5. The van der Waals surface area contributed by atoms with Gasteiger partial charge in [0.05, 0.1) is 18.8 Å². The molecule has 0 spiro atoms. The Kier molecular flexibility index (Phi) is 3.44. The number of imidazole rings is 1. The molecular weight excluding hydrogens is 254 g/mol. The Balaban J connectivity index is 2.00. The van der Waals surface area contributed by atoms with Crippen molar-refractivity contribution in [2.24, 2.45) is 0 Å². The van der Waals surface area contributed by atoms with Crippen molar-refractivity contribution in [1.82, 2.24) is 14.3 Å². The van der Waals surface area contributed by atoms with Gasteiger partial charge >= 0.3 is 5.97 Å². The molecule has 1 saturated heterocycles. The van der Waals surface area contributed by atoms with E-state index in [2.05, 4.69) is 16.9 Å². The minimum Gasteiger partial charge on any atom is -0.464 e. The number of fused-ring (bicyclic) bond motifs is 1. The SMILES string of the molecule is COC(=O)c1cccc2cnc(CC3CCCN3C)n12. The van der Waals surface area contributed by atoms with Crippen molar-refractivity contribution in [3.05, 3.63) is 35.9 Å². The third-order valence-corrected chi connectivity index (χ3v) is 4.11. The largest absolute Gasteiger partial charge is 0.464 e. The summed E-state index contributed by atoms with van der Waals surface area (Å²) in [5.41, 5.74) is 1.47. The summed E-state index contributed by atoms with van der Waals surface area (Å²) in [6.45, 7) is 1.14. The summed E-state index contributed by atoms with van der Waals surface area (Å²) in [4.78, 5) is 18.8. The highest BCUT2D eigenvalue weighted by Crippen LogP contribution is 2.20. The second-order valence-corrected chi connectivity index (χ2v) is 5.32. The topological polar surface area (TPSA) is 46.8 Å². The molecule has 2 aromatic heterocycles. The number of rotatable bonds is 3. The van der Waals surface area contributed by atoms with Crippen LogP contribution in [0.5, 0.6) is 0 Å². The van der Waals surface area contributed by atoms with E-state index in [0.717, 1.165) is 24.3 Å². The molecule has 5 nitrogen and oxygen atoms in total. The van der Waals surface area contributed by atoms with Gasteiger partial charge in [-0.15, -0.1) is 0 Å². The minimum atomic E-state index is -0.324. The van der Waals surface area contributed by atoms with Gasteiger partial charge in [-0.1, -0.05) is 6.07 Å². The molecule has 1 fully saturated rings. The summed E-state index contributed by atoms with van der Waals surface area (Å²) in [5, 5.41) is 0.